The number of halogens is 2. The topological polar surface area (TPSA) is 589 Å². The number of benzene rings is 2. The largest absolute Gasteiger partial charge is 0.494 e. The van der Waals surface area contributed by atoms with Gasteiger partial charge in [-0.15, -0.1) is 23.2 Å². The van der Waals surface area contributed by atoms with E-state index in [4.69, 9.17) is 63.1 Å². The van der Waals surface area contributed by atoms with Crippen LogP contribution in [0.4, 0.5) is 0 Å². The molecule has 11 aliphatic rings. The van der Waals surface area contributed by atoms with E-state index in [1.165, 1.54) is 31.3 Å². The van der Waals surface area contributed by atoms with E-state index in [1.54, 1.807) is 26.0 Å². The highest BCUT2D eigenvalue weighted by Gasteiger charge is 2.57. The second-order valence-electron chi connectivity index (χ2n) is 35.9. The Morgan fingerprint density at radius 3 is 1.95 bits per heavy atom. The van der Waals surface area contributed by atoms with Gasteiger partial charge in [0.25, 0.3) is 0 Å². The Morgan fingerprint density at radius 2 is 1.34 bits per heavy atom. The molecule has 32 atom stereocenters. The highest BCUT2D eigenvalue weighted by Crippen LogP contribution is 2.51. The summed E-state index contributed by atoms with van der Waals surface area (Å²) in [6.45, 7) is 8.89. The van der Waals surface area contributed by atoms with Crippen LogP contribution in [-0.4, -0.2) is 285 Å². The summed E-state index contributed by atoms with van der Waals surface area (Å²) in [5, 5.41) is 140. The van der Waals surface area contributed by atoms with Crippen LogP contribution in [0.3, 0.4) is 0 Å². The normalized spacial score (nSPS) is 38.0. The predicted octanol–water partition coefficient (Wildman–Crippen LogP) is -1.32. The Labute approximate surface area is 725 Å². The van der Waals surface area contributed by atoms with Crippen LogP contribution in [0.1, 0.15) is 168 Å². The first-order chi connectivity index (χ1) is 58.3. The summed E-state index contributed by atoms with van der Waals surface area (Å²) < 4.78 is 68.8. The average Bonchev–Trinajstić information content (AvgIpc) is 0.754. The number of carbonyl (C=O) groups is 8. The highest BCUT2D eigenvalue weighted by atomic mass is 35.5. The molecule has 6 unspecified atom stereocenters. The van der Waals surface area contributed by atoms with E-state index in [-0.39, 0.29) is 130 Å². The molecule has 5 saturated carbocycles. The number of hydrogen-bond donors (Lipinski definition) is 21. The second kappa shape index (κ2) is 42.5. The van der Waals surface area contributed by atoms with Crippen molar-refractivity contribution < 1.29 is 126 Å². The molecule has 0 spiro atoms. The number of carboxylic acid groups (broad SMARTS) is 1. The number of nitrogens with one attached hydrogen (secondary N) is 9. The molecular weight excluding hydrogens is 1670 g/mol. The van der Waals surface area contributed by atoms with Gasteiger partial charge in [-0.05, 0) is 207 Å². The summed E-state index contributed by atoms with van der Waals surface area (Å²) in [7, 11) is -2.39. The van der Waals surface area contributed by atoms with Crippen molar-refractivity contribution in [2.45, 2.75) is 306 Å². The second-order valence-corrected chi connectivity index (χ2v) is 38.8. The number of primary amides is 1. The van der Waals surface area contributed by atoms with Crippen LogP contribution in [0.2, 0.25) is 0 Å². The van der Waals surface area contributed by atoms with Crippen LogP contribution in [0.25, 0.3) is 0 Å². The fourth-order valence-corrected chi connectivity index (χ4v) is 21.5. The minimum absolute atomic E-state index is 0.0249. The Bertz CT molecular complexity index is 4090. The van der Waals surface area contributed by atoms with Crippen molar-refractivity contribution in [2.75, 3.05) is 39.9 Å². The zero-order valence-corrected chi connectivity index (χ0v) is 72.6. The Kier molecular flexibility index (Phi) is 33.5. The SMILES string of the molecule is CCCCCOc1ccc(S(=O)(=O)NCCCCNCC2C(O)CC3C(C4C[C@H](CC[C@H]4O)[C@H]4NC(=O)[C@@H]5NC(=O)[C@H](CC(N)=O)NC(=O)[C@H](NC(=O)[C@@H](CC(C)C)NC)[C@H](O)[C@H]6CC[C@@H](Oc7cc5cc(c7O[C@@H]5C[C@H](CO)[C@@H](O)[C@H](O)[C@H]5O[C@H]5C[C@](C)(N)[C@H](O)[C@H](C)O5)O[C@@H]5CC[C@@H](CC5Cl)[C@@H](O)[C@H](NC4=O)C(=O)N[C@@H]3C(=O)O)[C@H](Cl)C6)[C@H]2O)cc1. The van der Waals surface area contributed by atoms with Gasteiger partial charge in [0.15, 0.2) is 17.8 Å². The van der Waals surface area contributed by atoms with Gasteiger partial charge in [0.1, 0.15) is 72.5 Å². The molecule has 7 amide bonds. The van der Waals surface area contributed by atoms with Crippen molar-refractivity contribution in [3.8, 4) is 23.0 Å². The zero-order chi connectivity index (χ0) is 89.4. The number of aliphatic hydroxyl groups is 9. The number of alkyl halides is 2. The number of fused-ring (bicyclic) bond motifs is 15. The van der Waals surface area contributed by atoms with Crippen LogP contribution in [-0.2, 0) is 57.9 Å². The van der Waals surface area contributed by atoms with E-state index in [1.807, 2.05) is 13.8 Å². The van der Waals surface area contributed by atoms with Gasteiger partial charge in [-0.3, -0.25) is 33.6 Å². The van der Waals surface area contributed by atoms with Gasteiger partial charge in [-0.25, -0.2) is 17.9 Å². The number of rotatable bonds is 27. The summed E-state index contributed by atoms with van der Waals surface area (Å²) in [5.74, 6) is -19.5. The predicted molar refractivity (Wildman–Crippen MR) is 442 cm³/mol. The molecule has 11 bridgehead atoms. The summed E-state index contributed by atoms with van der Waals surface area (Å²) in [6, 6.07) is -4.39. The maximum Gasteiger partial charge on any atom is 0.326 e. The summed E-state index contributed by atoms with van der Waals surface area (Å²) in [6.07, 6.45) is -19.5. The van der Waals surface area contributed by atoms with Gasteiger partial charge in [-0.1, -0.05) is 33.6 Å². The molecule has 23 N–H and O–H groups in total. The minimum atomic E-state index is -3.91. The van der Waals surface area contributed by atoms with E-state index in [2.05, 4.69) is 54.2 Å². The smallest absolute Gasteiger partial charge is 0.326 e. The Balaban J connectivity index is 0.997. The van der Waals surface area contributed by atoms with Gasteiger partial charge in [0.2, 0.25) is 57.1 Å². The van der Waals surface area contributed by atoms with Crippen molar-refractivity contribution in [3.63, 3.8) is 0 Å². The van der Waals surface area contributed by atoms with E-state index in [0.29, 0.717) is 25.2 Å². The van der Waals surface area contributed by atoms with Gasteiger partial charge in [-0.2, -0.15) is 0 Å². The number of hydrogen-bond acceptors (Lipinski definition) is 28. The van der Waals surface area contributed by atoms with Crippen LogP contribution >= 0.6 is 23.2 Å². The molecule has 690 valence electrons. The lowest BCUT2D eigenvalue weighted by atomic mass is 9.58. The van der Waals surface area contributed by atoms with Crippen molar-refractivity contribution in [2.24, 2.45) is 64.7 Å². The fourth-order valence-electron chi connectivity index (χ4n) is 19.6. The lowest BCUT2D eigenvalue weighted by Gasteiger charge is -2.51. The number of carboxylic acids is 1. The Morgan fingerprint density at radius 1 is 0.707 bits per heavy atom. The molecule has 2 aromatic carbocycles. The lowest BCUT2D eigenvalue weighted by molar-refractivity contribution is -0.286. The van der Waals surface area contributed by atoms with Crippen LogP contribution in [0.5, 0.6) is 23.0 Å². The summed E-state index contributed by atoms with van der Waals surface area (Å²) in [4.78, 5) is 120. The third-order valence-corrected chi connectivity index (χ3v) is 29.0. The van der Waals surface area contributed by atoms with Crippen LogP contribution in [0.15, 0.2) is 41.3 Å². The molecular formula is C83H127Cl2N11O26S. The molecule has 0 aromatic heterocycles. The first kappa shape index (κ1) is 97.0. The van der Waals surface area contributed by atoms with Crippen LogP contribution in [0, 0.1) is 53.3 Å². The minimum Gasteiger partial charge on any atom is -0.494 e. The molecule has 7 fully saturated rings. The summed E-state index contributed by atoms with van der Waals surface area (Å²) in [5.41, 5.74) is 10.9. The molecule has 123 heavy (non-hydrogen) atoms. The number of sulfonamides is 1. The number of aliphatic hydroxyl groups excluding tert-OH is 9. The van der Waals surface area contributed by atoms with Gasteiger partial charge in [0.05, 0.1) is 83.6 Å². The molecule has 5 aliphatic carbocycles. The number of likely N-dealkylation sites (N-methyl/N-ethyl adjacent to an activating group) is 1. The third kappa shape index (κ3) is 23.3. The Hall–Kier alpha value is -6.67. The molecule has 6 aliphatic heterocycles. The average molecular weight is 1800 g/mol. The van der Waals surface area contributed by atoms with Gasteiger partial charge < -0.3 is 133 Å². The van der Waals surface area contributed by atoms with E-state index < -0.39 is 268 Å². The van der Waals surface area contributed by atoms with E-state index >= 15 is 24.0 Å². The number of ether oxygens (including phenoxy) is 6. The standard InChI is InChI=1S/C83H127Cl2N11O26S/c1-7-8-11-24-117-44-15-17-45(18-16-44)123(115,116)90-23-10-9-22-89-35-48-54(99)32-47-62(71(48)104)46-26-39(12-19-53(46)98)63-78(109)96-67(81(112)94-65(47)82(113)114)69(102)41-14-21-56(50(85)28-41)120-58-30-42-29-57(73(58)121-59-31-43(36-97)70(103)72(105)74(59)122-61-34-83(5,87)75(106)38(4)118-61)119-55-20-13-40(27-49(55)84)68(101)66(95-76(107)51(88-6)25-37(2)3)80(111)91-52(33-60(86)100)77(108)92-64(42)79(110)93-63/h15-18,29-30,37-41,43,46-56,59,61-72,74-75,88-90,97-99,101-106H,7-14,19-28,31-36,87H2,1-6H3,(H2,86,100)(H,91,111)(H,92,108)(H,93,110)(H,94,112)(H,95,107)(H,96,109)(H,113,114)/t38-,39-,40-,41-,43+,46?,47?,48?,49+,50?,51+,52-,53+,54?,55+,56+,59+,61-,62?,63+,64+,65-,66+,67-,68+,69+,70+,71-,72-,74-,75+,83-/m0/s1. The zero-order valence-electron chi connectivity index (χ0n) is 70.2. The molecule has 6 heterocycles. The molecule has 2 aromatic rings. The van der Waals surface area contributed by atoms with Gasteiger partial charge in [0, 0.05) is 43.5 Å². The van der Waals surface area contributed by atoms with Crippen molar-refractivity contribution >= 4 is 80.5 Å². The summed E-state index contributed by atoms with van der Waals surface area (Å²) >= 11 is 14.9. The maximum absolute atomic E-state index is 16.5. The quantitative estimate of drug-likeness (QED) is 0.0364. The van der Waals surface area contributed by atoms with E-state index in [0.717, 1.165) is 19.3 Å². The first-order valence-corrected chi connectivity index (χ1v) is 45.7. The first-order valence-electron chi connectivity index (χ1n) is 43.4. The lowest BCUT2D eigenvalue weighted by Crippen LogP contribution is -2.66. The number of nitrogens with two attached hydrogens (primary N) is 2. The molecule has 2 saturated heterocycles. The maximum atomic E-state index is 16.5. The molecule has 37 nitrogen and oxygen atoms in total. The molecule has 0 radical (unpaired) electrons. The fraction of sp³-hybridized carbons (Fsp3) is 0.759. The number of carbonyl (C=O) groups excluding carboxylic acids is 7. The van der Waals surface area contributed by atoms with Crippen LogP contribution < -0.4 is 77.7 Å². The highest BCUT2D eigenvalue weighted by molar-refractivity contribution is 7.89. The van der Waals surface area contributed by atoms with E-state index in [9.17, 15) is 73.9 Å². The third-order valence-electron chi connectivity index (χ3n) is 26.6. The van der Waals surface area contributed by atoms with Gasteiger partial charge >= 0.3 is 5.97 Å². The number of amides is 7. The number of aliphatic carboxylic acids is 1. The molecule has 40 heteroatoms. The van der Waals surface area contributed by atoms with Crippen molar-refractivity contribution in [3.05, 3.63) is 42.0 Å². The number of unbranched alkanes of at least 4 members (excludes halogenated alkanes) is 3. The van der Waals surface area contributed by atoms with Crippen molar-refractivity contribution in [1.29, 1.82) is 0 Å². The van der Waals surface area contributed by atoms with Crippen molar-refractivity contribution in [1.82, 2.24) is 47.3 Å². The molecule has 13 rings (SSSR count). The monoisotopic (exact) mass is 1800 g/mol.